The van der Waals surface area contributed by atoms with E-state index in [9.17, 15) is 0 Å². The summed E-state index contributed by atoms with van der Waals surface area (Å²) in [5, 5.41) is 0. The van der Waals surface area contributed by atoms with Gasteiger partial charge < -0.3 is 5.73 Å². The normalized spacial score (nSPS) is 28.2. The van der Waals surface area contributed by atoms with E-state index in [1.807, 2.05) is 6.07 Å². The average molecular weight is 303 g/mol. The van der Waals surface area contributed by atoms with E-state index >= 15 is 0 Å². The minimum absolute atomic E-state index is 0.164. The molecule has 2 fully saturated rings. The van der Waals surface area contributed by atoms with E-state index in [0.717, 1.165) is 19.1 Å². The molecule has 1 aromatic carbocycles. The van der Waals surface area contributed by atoms with E-state index in [-0.39, 0.29) is 5.92 Å². The first-order valence-electron chi connectivity index (χ1n) is 7.97. The molecule has 3 atom stereocenters. The highest BCUT2D eigenvalue weighted by Gasteiger charge is 2.35. The highest BCUT2D eigenvalue weighted by atomic mass is 32.1. The Morgan fingerprint density at radius 3 is 2.81 bits per heavy atom. The van der Waals surface area contributed by atoms with Crippen LogP contribution in [0.15, 0.2) is 30.3 Å². The van der Waals surface area contributed by atoms with Crippen LogP contribution >= 0.6 is 12.2 Å². The minimum Gasteiger partial charge on any atom is -0.393 e. The van der Waals surface area contributed by atoms with Gasteiger partial charge in [0.1, 0.15) is 0 Å². The van der Waals surface area contributed by atoms with Crippen LogP contribution in [0.1, 0.15) is 31.2 Å². The highest BCUT2D eigenvalue weighted by molar-refractivity contribution is 7.80. The lowest BCUT2D eigenvalue weighted by Gasteiger charge is -2.43. The van der Waals surface area contributed by atoms with Gasteiger partial charge in [0, 0.05) is 37.6 Å². The number of nitrogens with two attached hydrogens (primary N) is 1. The van der Waals surface area contributed by atoms with Crippen molar-refractivity contribution < 1.29 is 0 Å². The second-order valence-electron chi connectivity index (χ2n) is 6.46. The summed E-state index contributed by atoms with van der Waals surface area (Å²) < 4.78 is 0. The van der Waals surface area contributed by atoms with Crippen molar-refractivity contribution in [3.8, 4) is 0 Å². The van der Waals surface area contributed by atoms with Gasteiger partial charge in [-0.15, -0.1) is 0 Å². The molecule has 2 aliphatic heterocycles. The van der Waals surface area contributed by atoms with Crippen LogP contribution in [0.3, 0.4) is 0 Å². The molecule has 3 nitrogen and oxygen atoms in total. The van der Waals surface area contributed by atoms with Gasteiger partial charge in [-0.1, -0.05) is 42.5 Å². The summed E-state index contributed by atoms with van der Waals surface area (Å²) in [6.45, 7) is 6.90. The third-order valence-corrected chi connectivity index (χ3v) is 5.31. The van der Waals surface area contributed by atoms with E-state index in [2.05, 4.69) is 41.0 Å². The summed E-state index contributed by atoms with van der Waals surface area (Å²) >= 11 is 5.34. The monoisotopic (exact) mass is 303 g/mol. The molecular formula is C17H25N3S. The largest absolute Gasteiger partial charge is 0.393 e. The van der Waals surface area contributed by atoms with Crippen LogP contribution in [-0.2, 0) is 0 Å². The van der Waals surface area contributed by atoms with E-state index in [1.54, 1.807) is 0 Å². The fraction of sp³-hybridized carbons (Fsp3) is 0.588. The summed E-state index contributed by atoms with van der Waals surface area (Å²) in [5.41, 5.74) is 7.27. The van der Waals surface area contributed by atoms with E-state index < -0.39 is 0 Å². The molecular weight excluding hydrogens is 278 g/mol. The molecule has 0 aliphatic carbocycles. The molecule has 2 N–H and O–H groups in total. The number of fused-ring (bicyclic) bond motifs is 1. The average Bonchev–Trinajstić information content (AvgIpc) is 2.92. The quantitative estimate of drug-likeness (QED) is 0.865. The van der Waals surface area contributed by atoms with Crippen LogP contribution in [0.25, 0.3) is 0 Å². The first-order chi connectivity index (χ1) is 10.1. The third kappa shape index (κ3) is 3.28. The Bertz CT molecular complexity index is 490. The van der Waals surface area contributed by atoms with Crippen LogP contribution in [0.2, 0.25) is 0 Å². The molecule has 2 aliphatic rings. The lowest BCUT2D eigenvalue weighted by molar-refractivity contribution is 0.0589. The Hall–Kier alpha value is -0.970. The van der Waals surface area contributed by atoms with Gasteiger partial charge >= 0.3 is 0 Å². The predicted octanol–water partition coefficient (Wildman–Crippen LogP) is 2.22. The molecule has 2 heterocycles. The number of piperazine rings is 1. The van der Waals surface area contributed by atoms with Crippen molar-refractivity contribution in [2.24, 2.45) is 5.73 Å². The summed E-state index contributed by atoms with van der Waals surface area (Å²) in [7, 11) is 0. The maximum atomic E-state index is 6.03. The molecule has 0 saturated carbocycles. The Labute approximate surface area is 133 Å². The van der Waals surface area contributed by atoms with Gasteiger partial charge in [-0.2, -0.15) is 0 Å². The lowest BCUT2D eigenvalue weighted by Crippen LogP contribution is -2.56. The Balaban J connectivity index is 1.72. The van der Waals surface area contributed by atoms with Crippen molar-refractivity contribution in [2.45, 2.75) is 37.8 Å². The molecule has 2 saturated heterocycles. The van der Waals surface area contributed by atoms with Crippen LogP contribution in [-0.4, -0.2) is 53.1 Å². The molecule has 4 heteroatoms. The standard InChI is InChI=1S/C17H25N3S/c1-13-10-19-9-5-8-15(19)11-20(13)12-16(17(18)21)14-6-3-2-4-7-14/h2-4,6-7,13,15-16H,5,8-12H2,1H3,(H2,18,21). The molecule has 114 valence electrons. The minimum atomic E-state index is 0.164. The SMILES string of the molecule is CC1CN2CCCC2CN1CC(C(N)=S)c1ccccc1. The molecule has 21 heavy (non-hydrogen) atoms. The van der Waals surface area contributed by atoms with Gasteiger partial charge in [0.15, 0.2) is 0 Å². The van der Waals surface area contributed by atoms with E-state index in [4.69, 9.17) is 18.0 Å². The fourth-order valence-corrected chi connectivity index (χ4v) is 3.99. The number of hydrogen-bond donors (Lipinski definition) is 1. The molecule has 3 unspecified atom stereocenters. The van der Waals surface area contributed by atoms with Crippen LogP contribution in [0, 0.1) is 0 Å². The van der Waals surface area contributed by atoms with Crippen molar-refractivity contribution in [1.29, 1.82) is 0 Å². The second kappa shape index (κ2) is 6.42. The zero-order valence-corrected chi connectivity index (χ0v) is 13.6. The van der Waals surface area contributed by atoms with Crippen LogP contribution in [0.4, 0.5) is 0 Å². The number of nitrogens with zero attached hydrogens (tertiary/aromatic N) is 2. The van der Waals surface area contributed by atoms with Gasteiger partial charge in [-0.05, 0) is 31.9 Å². The number of rotatable bonds is 4. The van der Waals surface area contributed by atoms with Crippen molar-refractivity contribution in [1.82, 2.24) is 9.80 Å². The van der Waals surface area contributed by atoms with Crippen LogP contribution in [0.5, 0.6) is 0 Å². The smallest absolute Gasteiger partial charge is 0.0816 e. The molecule has 0 radical (unpaired) electrons. The van der Waals surface area contributed by atoms with Crippen LogP contribution < -0.4 is 5.73 Å². The second-order valence-corrected chi connectivity index (χ2v) is 6.93. The molecule has 1 aromatic rings. The van der Waals surface area contributed by atoms with Crippen molar-refractivity contribution in [3.63, 3.8) is 0 Å². The van der Waals surface area contributed by atoms with Gasteiger partial charge in [0.25, 0.3) is 0 Å². The maximum absolute atomic E-state index is 6.03. The first-order valence-corrected chi connectivity index (χ1v) is 8.38. The highest BCUT2D eigenvalue weighted by Crippen LogP contribution is 2.27. The maximum Gasteiger partial charge on any atom is 0.0816 e. The van der Waals surface area contributed by atoms with E-state index in [0.29, 0.717) is 11.0 Å². The van der Waals surface area contributed by atoms with Gasteiger partial charge in [0.05, 0.1) is 4.99 Å². The molecule has 0 bridgehead atoms. The Morgan fingerprint density at radius 1 is 1.33 bits per heavy atom. The molecule has 0 aromatic heterocycles. The van der Waals surface area contributed by atoms with Gasteiger partial charge in [0.2, 0.25) is 0 Å². The summed E-state index contributed by atoms with van der Waals surface area (Å²) in [6, 6.07) is 11.8. The Morgan fingerprint density at radius 2 is 2.10 bits per heavy atom. The zero-order chi connectivity index (χ0) is 14.8. The van der Waals surface area contributed by atoms with Gasteiger partial charge in [-0.3, -0.25) is 9.80 Å². The molecule has 3 rings (SSSR count). The number of hydrogen-bond acceptors (Lipinski definition) is 3. The molecule has 0 spiro atoms. The zero-order valence-electron chi connectivity index (χ0n) is 12.7. The van der Waals surface area contributed by atoms with Crippen molar-refractivity contribution >= 4 is 17.2 Å². The predicted molar refractivity (Wildman–Crippen MR) is 91.6 cm³/mol. The number of thiocarbonyl (C=S) groups is 1. The van der Waals surface area contributed by atoms with E-state index in [1.165, 1.54) is 31.5 Å². The van der Waals surface area contributed by atoms with Gasteiger partial charge in [-0.25, -0.2) is 0 Å². The third-order valence-electron chi connectivity index (χ3n) is 5.03. The first kappa shape index (κ1) is 14.9. The Kier molecular flexibility index (Phi) is 4.57. The fourth-order valence-electron chi connectivity index (χ4n) is 3.78. The van der Waals surface area contributed by atoms with Crippen molar-refractivity contribution in [2.75, 3.05) is 26.2 Å². The summed E-state index contributed by atoms with van der Waals surface area (Å²) in [6.07, 6.45) is 2.69. The number of benzene rings is 1. The van der Waals surface area contributed by atoms with Crippen molar-refractivity contribution in [3.05, 3.63) is 35.9 Å². The lowest BCUT2D eigenvalue weighted by atomic mass is 9.96. The summed E-state index contributed by atoms with van der Waals surface area (Å²) in [4.78, 5) is 5.85. The molecule has 0 amide bonds. The summed E-state index contributed by atoms with van der Waals surface area (Å²) in [5.74, 6) is 0.164. The topological polar surface area (TPSA) is 32.5 Å².